The molecule has 2 nitrogen and oxygen atoms in total. The number of anilines is 1. The van der Waals surface area contributed by atoms with E-state index in [4.69, 9.17) is 0 Å². The van der Waals surface area contributed by atoms with Crippen molar-refractivity contribution in [2.75, 3.05) is 5.32 Å². The number of carbonyl (C=O) groups is 1. The van der Waals surface area contributed by atoms with E-state index in [1.54, 1.807) is 19.1 Å². The van der Waals surface area contributed by atoms with Gasteiger partial charge in [-0.2, -0.15) is 0 Å². The first kappa shape index (κ1) is 16.4. The first-order chi connectivity index (χ1) is 10.5. The van der Waals surface area contributed by atoms with Gasteiger partial charge in [0.1, 0.15) is 17.5 Å². The molecule has 2 rings (SSSR count). The van der Waals surface area contributed by atoms with Crippen LogP contribution in [0.25, 0.3) is 0 Å². The van der Waals surface area contributed by atoms with E-state index in [0.717, 1.165) is 23.8 Å². The van der Waals surface area contributed by atoms with E-state index in [2.05, 4.69) is 5.32 Å². The van der Waals surface area contributed by atoms with Gasteiger partial charge < -0.3 is 5.32 Å². The third-order valence-corrected chi connectivity index (χ3v) is 4.16. The number of rotatable bonds is 5. The highest BCUT2D eigenvalue weighted by atomic mass is 32.2. The lowest BCUT2D eigenvalue weighted by Gasteiger charge is -2.12. The molecule has 0 radical (unpaired) electrons. The normalized spacial score (nSPS) is 12.0. The molecule has 22 heavy (non-hydrogen) atoms. The summed E-state index contributed by atoms with van der Waals surface area (Å²) in [5.74, 6) is -1.66. The number of benzene rings is 2. The quantitative estimate of drug-likeness (QED) is 0.885. The summed E-state index contributed by atoms with van der Waals surface area (Å²) in [7, 11) is 0. The molecule has 0 spiro atoms. The van der Waals surface area contributed by atoms with Crippen LogP contribution in [0.15, 0.2) is 42.5 Å². The van der Waals surface area contributed by atoms with E-state index in [-0.39, 0.29) is 11.5 Å². The van der Waals surface area contributed by atoms with Crippen molar-refractivity contribution in [1.82, 2.24) is 0 Å². The van der Waals surface area contributed by atoms with Gasteiger partial charge in [-0.05, 0) is 36.8 Å². The average Bonchev–Trinajstić information content (AvgIpc) is 2.48. The van der Waals surface area contributed by atoms with Gasteiger partial charge in [-0.15, -0.1) is 11.8 Å². The first-order valence-electron chi connectivity index (χ1n) is 6.57. The zero-order valence-electron chi connectivity index (χ0n) is 11.8. The molecule has 0 aliphatic heterocycles. The molecule has 1 amide bonds. The SMILES string of the molecule is CC(SCc1cccc(F)c1)C(=O)Nc1cc(F)ccc1F. The molecular weight excluding hydrogens is 311 g/mol. The summed E-state index contributed by atoms with van der Waals surface area (Å²) in [6.07, 6.45) is 0. The monoisotopic (exact) mass is 325 g/mol. The molecule has 0 aliphatic rings. The third-order valence-electron chi connectivity index (χ3n) is 2.94. The second-order valence-corrected chi connectivity index (χ2v) is 6.03. The van der Waals surface area contributed by atoms with E-state index in [1.807, 2.05) is 0 Å². The lowest BCUT2D eigenvalue weighted by atomic mass is 10.2. The van der Waals surface area contributed by atoms with E-state index in [1.165, 1.54) is 23.9 Å². The maximum absolute atomic E-state index is 13.5. The van der Waals surface area contributed by atoms with Crippen LogP contribution in [0.5, 0.6) is 0 Å². The number of amides is 1. The van der Waals surface area contributed by atoms with Crippen molar-refractivity contribution in [3.8, 4) is 0 Å². The Morgan fingerprint density at radius 2 is 1.86 bits per heavy atom. The fourth-order valence-corrected chi connectivity index (χ4v) is 2.58. The van der Waals surface area contributed by atoms with Gasteiger partial charge in [-0.3, -0.25) is 4.79 Å². The average molecular weight is 325 g/mol. The van der Waals surface area contributed by atoms with Gasteiger partial charge in [0, 0.05) is 11.8 Å². The van der Waals surface area contributed by atoms with Crippen molar-refractivity contribution in [2.45, 2.75) is 17.9 Å². The van der Waals surface area contributed by atoms with Crippen LogP contribution in [0, 0.1) is 17.5 Å². The topological polar surface area (TPSA) is 29.1 Å². The van der Waals surface area contributed by atoms with Crippen LogP contribution in [0.2, 0.25) is 0 Å². The highest BCUT2D eigenvalue weighted by Crippen LogP contribution is 2.21. The lowest BCUT2D eigenvalue weighted by molar-refractivity contribution is -0.115. The molecule has 0 saturated heterocycles. The van der Waals surface area contributed by atoms with Crippen LogP contribution in [-0.4, -0.2) is 11.2 Å². The van der Waals surface area contributed by atoms with Gasteiger partial charge >= 0.3 is 0 Å². The van der Waals surface area contributed by atoms with E-state index in [0.29, 0.717) is 5.75 Å². The predicted molar refractivity (Wildman–Crippen MR) is 82.1 cm³/mol. The molecule has 116 valence electrons. The fourth-order valence-electron chi connectivity index (χ4n) is 1.75. The second kappa shape index (κ2) is 7.35. The highest BCUT2D eigenvalue weighted by molar-refractivity contribution is 7.99. The fraction of sp³-hybridized carbons (Fsp3) is 0.188. The van der Waals surface area contributed by atoms with Crippen LogP contribution in [-0.2, 0) is 10.5 Å². The Kier molecular flexibility index (Phi) is 5.49. The Morgan fingerprint density at radius 1 is 1.14 bits per heavy atom. The molecule has 1 unspecified atom stereocenters. The van der Waals surface area contributed by atoms with Crippen LogP contribution in [0.1, 0.15) is 12.5 Å². The number of carbonyl (C=O) groups excluding carboxylic acids is 1. The number of nitrogens with one attached hydrogen (secondary N) is 1. The standard InChI is InChI=1S/C16H14F3NOS/c1-10(22-9-11-3-2-4-12(17)7-11)16(21)20-15-8-13(18)5-6-14(15)19/h2-8,10H,9H2,1H3,(H,20,21). The molecule has 0 bridgehead atoms. The van der Waals surface area contributed by atoms with Crippen LogP contribution in [0.3, 0.4) is 0 Å². The first-order valence-corrected chi connectivity index (χ1v) is 7.62. The van der Waals surface area contributed by atoms with Crippen LogP contribution < -0.4 is 5.32 Å². The van der Waals surface area contributed by atoms with Crippen molar-refractivity contribution < 1.29 is 18.0 Å². The van der Waals surface area contributed by atoms with Crippen molar-refractivity contribution in [3.63, 3.8) is 0 Å². The Hall–Kier alpha value is -1.95. The molecule has 0 saturated carbocycles. The molecule has 2 aromatic rings. The summed E-state index contributed by atoms with van der Waals surface area (Å²) < 4.78 is 39.6. The van der Waals surface area contributed by atoms with Gasteiger partial charge in [-0.25, -0.2) is 13.2 Å². The van der Waals surface area contributed by atoms with E-state index >= 15 is 0 Å². The molecule has 0 heterocycles. The zero-order chi connectivity index (χ0) is 16.1. The van der Waals surface area contributed by atoms with E-state index in [9.17, 15) is 18.0 Å². The molecule has 2 aromatic carbocycles. The number of halogens is 3. The summed E-state index contributed by atoms with van der Waals surface area (Å²) in [6.45, 7) is 1.65. The molecular formula is C16H14F3NOS. The molecule has 0 fully saturated rings. The van der Waals surface area contributed by atoms with Crippen molar-refractivity contribution >= 4 is 23.4 Å². The Morgan fingerprint density at radius 3 is 2.59 bits per heavy atom. The van der Waals surface area contributed by atoms with Gasteiger partial charge in [0.05, 0.1) is 10.9 Å². The molecule has 0 aliphatic carbocycles. The minimum atomic E-state index is -0.697. The maximum atomic E-state index is 13.5. The van der Waals surface area contributed by atoms with Crippen LogP contribution in [0.4, 0.5) is 18.9 Å². The van der Waals surface area contributed by atoms with Gasteiger partial charge in [0.15, 0.2) is 0 Å². The predicted octanol–water partition coefficient (Wildman–Crippen LogP) is 4.36. The van der Waals surface area contributed by atoms with Gasteiger partial charge in [0.2, 0.25) is 5.91 Å². The minimum Gasteiger partial charge on any atom is -0.323 e. The smallest absolute Gasteiger partial charge is 0.237 e. The minimum absolute atomic E-state index is 0.191. The Labute approximate surface area is 130 Å². The van der Waals surface area contributed by atoms with Crippen molar-refractivity contribution in [2.24, 2.45) is 0 Å². The van der Waals surface area contributed by atoms with Crippen molar-refractivity contribution in [3.05, 3.63) is 65.5 Å². The third kappa shape index (κ3) is 4.53. The second-order valence-electron chi connectivity index (χ2n) is 4.70. The number of hydrogen-bond donors (Lipinski definition) is 1. The van der Waals surface area contributed by atoms with E-state index < -0.39 is 22.8 Å². The molecule has 0 aromatic heterocycles. The zero-order valence-corrected chi connectivity index (χ0v) is 12.6. The summed E-state index contributed by atoms with van der Waals surface area (Å²) >= 11 is 1.28. The van der Waals surface area contributed by atoms with Crippen molar-refractivity contribution in [1.29, 1.82) is 0 Å². The summed E-state index contributed by atoms with van der Waals surface area (Å²) in [6, 6.07) is 8.95. The summed E-state index contributed by atoms with van der Waals surface area (Å²) in [5.41, 5.74) is 0.560. The highest BCUT2D eigenvalue weighted by Gasteiger charge is 2.16. The van der Waals surface area contributed by atoms with Gasteiger partial charge in [-0.1, -0.05) is 12.1 Å². The number of thioether (sulfide) groups is 1. The Bertz CT molecular complexity index is 678. The number of hydrogen-bond acceptors (Lipinski definition) is 2. The molecule has 1 N–H and O–H groups in total. The summed E-state index contributed by atoms with van der Waals surface area (Å²) in [4.78, 5) is 12.0. The summed E-state index contributed by atoms with van der Waals surface area (Å²) in [5, 5.41) is 1.86. The molecule has 6 heteroatoms. The maximum Gasteiger partial charge on any atom is 0.237 e. The van der Waals surface area contributed by atoms with Gasteiger partial charge in [0.25, 0.3) is 0 Å². The van der Waals surface area contributed by atoms with Crippen LogP contribution >= 0.6 is 11.8 Å². The lowest BCUT2D eigenvalue weighted by Crippen LogP contribution is -2.23. The Balaban J connectivity index is 1.93. The molecule has 1 atom stereocenters. The largest absolute Gasteiger partial charge is 0.323 e.